The Kier molecular flexibility index (Phi) is 8.11. The van der Waals surface area contributed by atoms with Crippen LogP contribution in [-0.2, 0) is 11.3 Å². The zero-order valence-electron chi connectivity index (χ0n) is 18.0. The smallest absolute Gasteiger partial charge is 0.267 e. The molecule has 0 aromatic heterocycles. The van der Waals surface area contributed by atoms with Crippen LogP contribution < -0.4 is 21.8 Å². The molecule has 30 heavy (non-hydrogen) atoms. The number of benzene rings is 2. The second-order valence-electron chi connectivity index (χ2n) is 8.72. The summed E-state index contributed by atoms with van der Waals surface area (Å²) in [5, 5.41) is 14.8. The van der Waals surface area contributed by atoms with Crippen molar-refractivity contribution < 1.29 is 14.8 Å². The van der Waals surface area contributed by atoms with E-state index in [0.717, 1.165) is 24.2 Å². The monoisotopic (exact) mass is 412 g/mol. The molecule has 6 N–H and O–H groups in total. The molecule has 0 aliphatic rings. The summed E-state index contributed by atoms with van der Waals surface area (Å²) in [6.07, 6.45) is 0. The van der Waals surface area contributed by atoms with Gasteiger partial charge in [-0.25, -0.2) is 5.48 Å². The maximum atomic E-state index is 12.4. The van der Waals surface area contributed by atoms with Crippen LogP contribution in [0.4, 0.5) is 0 Å². The number of nitrogens with two attached hydrogens (primary N) is 1. The fourth-order valence-electron chi connectivity index (χ4n) is 2.94. The highest BCUT2D eigenvalue weighted by Gasteiger charge is 2.24. The van der Waals surface area contributed by atoms with Crippen LogP contribution in [0.15, 0.2) is 48.5 Å². The van der Waals surface area contributed by atoms with Crippen LogP contribution in [0, 0.1) is 5.41 Å². The lowest BCUT2D eigenvalue weighted by Gasteiger charge is -2.20. The Morgan fingerprint density at radius 3 is 2.00 bits per heavy atom. The first-order valence-corrected chi connectivity index (χ1v) is 10.0. The number of nitrogens with one attached hydrogen (secondary N) is 3. The minimum Gasteiger partial charge on any atom is -0.339 e. The van der Waals surface area contributed by atoms with Crippen molar-refractivity contribution in [2.75, 3.05) is 6.54 Å². The second-order valence-corrected chi connectivity index (χ2v) is 8.72. The third kappa shape index (κ3) is 6.95. The number of hydrogen-bond acceptors (Lipinski definition) is 5. The van der Waals surface area contributed by atoms with Gasteiger partial charge in [0.15, 0.2) is 0 Å². The van der Waals surface area contributed by atoms with Crippen molar-refractivity contribution in [2.24, 2.45) is 11.1 Å². The van der Waals surface area contributed by atoms with Gasteiger partial charge in [0.2, 0.25) is 0 Å². The average molecular weight is 413 g/mol. The van der Waals surface area contributed by atoms with Crippen molar-refractivity contribution in [1.82, 2.24) is 16.1 Å². The highest BCUT2D eigenvalue weighted by Crippen LogP contribution is 2.21. The molecule has 2 amide bonds. The van der Waals surface area contributed by atoms with Gasteiger partial charge in [0.25, 0.3) is 11.8 Å². The summed E-state index contributed by atoms with van der Waals surface area (Å²) in [5.74, 6) is -1.19. The Bertz CT molecular complexity index is 840. The summed E-state index contributed by atoms with van der Waals surface area (Å²) >= 11 is 0. The highest BCUT2D eigenvalue weighted by atomic mass is 16.5. The summed E-state index contributed by atoms with van der Waals surface area (Å²) < 4.78 is 0. The van der Waals surface area contributed by atoms with Gasteiger partial charge in [-0.2, -0.15) is 0 Å². The quantitative estimate of drug-likeness (QED) is 0.337. The molecule has 0 aliphatic carbocycles. The topological polar surface area (TPSA) is 116 Å². The van der Waals surface area contributed by atoms with Gasteiger partial charge in [0.1, 0.15) is 6.04 Å². The summed E-state index contributed by atoms with van der Waals surface area (Å²) in [6.45, 7) is 9.94. The van der Waals surface area contributed by atoms with Crippen LogP contribution in [0.2, 0.25) is 0 Å². The van der Waals surface area contributed by atoms with E-state index in [1.807, 2.05) is 12.1 Å². The molecule has 0 spiro atoms. The Balaban J connectivity index is 2.01. The van der Waals surface area contributed by atoms with Crippen molar-refractivity contribution in [1.29, 1.82) is 0 Å². The van der Waals surface area contributed by atoms with E-state index in [9.17, 15) is 9.59 Å². The first-order valence-electron chi connectivity index (χ1n) is 10.0. The zero-order valence-corrected chi connectivity index (χ0v) is 18.0. The number of amides is 2. The molecule has 0 heterocycles. The SMILES string of the molecule is C[C@@H](N)[C@H](NC(=O)c1ccc(-c2ccc(CNCC(C)(C)C)cc2)cc1)C(=O)NO. The number of carbonyl (C=O) groups excluding carboxylic acids is 2. The minimum absolute atomic E-state index is 0.248. The summed E-state index contributed by atoms with van der Waals surface area (Å²) in [7, 11) is 0. The first kappa shape index (κ1) is 23.5. The first-order chi connectivity index (χ1) is 14.1. The molecule has 7 nitrogen and oxygen atoms in total. The Morgan fingerprint density at radius 1 is 1.00 bits per heavy atom. The summed E-state index contributed by atoms with van der Waals surface area (Å²) in [5.41, 5.74) is 11.1. The molecule has 7 heteroatoms. The van der Waals surface area contributed by atoms with E-state index >= 15 is 0 Å². The standard InChI is InChI=1S/C23H32N4O3/c1-15(24)20(22(29)27-30)26-21(28)19-11-9-18(10-12-19)17-7-5-16(6-8-17)13-25-14-23(2,3)4/h5-12,15,20,25,30H,13-14,24H2,1-4H3,(H,26,28)(H,27,29)/t15-,20+/m1/s1. The van der Waals surface area contributed by atoms with Gasteiger partial charge in [0.05, 0.1) is 0 Å². The van der Waals surface area contributed by atoms with Gasteiger partial charge in [-0.3, -0.25) is 14.8 Å². The van der Waals surface area contributed by atoms with Crippen LogP contribution in [0.5, 0.6) is 0 Å². The Hall–Kier alpha value is -2.74. The fraction of sp³-hybridized carbons (Fsp3) is 0.391. The van der Waals surface area contributed by atoms with Crippen LogP contribution in [0.3, 0.4) is 0 Å². The molecule has 0 unspecified atom stereocenters. The maximum absolute atomic E-state index is 12.4. The molecule has 0 radical (unpaired) electrons. The van der Waals surface area contributed by atoms with Crippen molar-refractivity contribution in [3.05, 3.63) is 59.7 Å². The van der Waals surface area contributed by atoms with Gasteiger partial charge < -0.3 is 16.4 Å². The van der Waals surface area contributed by atoms with Gasteiger partial charge in [-0.05, 0) is 41.2 Å². The molecular formula is C23H32N4O3. The lowest BCUT2D eigenvalue weighted by atomic mass is 9.97. The van der Waals surface area contributed by atoms with E-state index in [1.54, 1.807) is 19.1 Å². The molecule has 0 fully saturated rings. The van der Waals surface area contributed by atoms with E-state index in [4.69, 9.17) is 10.9 Å². The second kappa shape index (κ2) is 10.3. The van der Waals surface area contributed by atoms with Crippen molar-refractivity contribution >= 4 is 11.8 Å². The van der Waals surface area contributed by atoms with Gasteiger partial charge >= 0.3 is 0 Å². The van der Waals surface area contributed by atoms with E-state index < -0.39 is 23.9 Å². The Morgan fingerprint density at radius 2 is 1.53 bits per heavy atom. The lowest BCUT2D eigenvalue weighted by Crippen LogP contribution is -2.54. The van der Waals surface area contributed by atoms with Crippen molar-refractivity contribution in [2.45, 2.75) is 46.3 Å². The predicted octanol–water partition coefficient (Wildman–Crippen LogP) is 2.44. The molecule has 0 saturated heterocycles. The van der Waals surface area contributed by atoms with Crippen LogP contribution in [0.25, 0.3) is 11.1 Å². The van der Waals surface area contributed by atoms with E-state index in [-0.39, 0.29) is 5.41 Å². The molecular weight excluding hydrogens is 380 g/mol. The summed E-state index contributed by atoms with van der Waals surface area (Å²) in [6, 6.07) is 13.7. The number of carbonyl (C=O) groups is 2. The molecule has 0 bridgehead atoms. The minimum atomic E-state index is -1.03. The molecule has 2 atom stereocenters. The predicted molar refractivity (Wildman–Crippen MR) is 118 cm³/mol. The molecule has 162 valence electrons. The zero-order chi connectivity index (χ0) is 22.3. The molecule has 0 aliphatic heterocycles. The third-order valence-corrected chi connectivity index (χ3v) is 4.62. The van der Waals surface area contributed by atoms with Gasteiger partial charge in [-0.1, -0.05) is 57.2 Å². The van der Waals surface area contributed by atoms with Crippen molar-refractivity contribution in [3.63, 3.8) is 0 Å². The van der Waals surface area contributed by atoms with Crippen LogP contribution >= 0.6 is 0 Å². The number of rotatable bonds is 8. The van der Waals surface area contributed by atoms with E-state index in [2.05, 4.69) is 55.7 Å². The lowest BCUT2D eigenvalue weighted by molar-refractivity contribution is -0.131. The Labute approximate surface area is 178 Å². The normalized spacial score (nSPS) is 13.4. The fourth-order valence-corrected chi connectivity index (χ4v) is 2.94. The third-order valence-electron chi connectivity index (χ3n) is 4.62. The molecule has 2 rings (SSSR count). The van der Waals surface area contributed by atoms with E-state index in [0.29, 0.717) is 5.56 Å². The van der Waals surface area contributed by atoms with Crippen molar-refractivity contribution in [3.8, 4) is 11.1 Å². The molecule has 2 aromatic carbocycles. The molecule has 2 aromatic rings. The van der Waals surface area contributed by atoms with Gasteiger partial charge in [0, 0.05) is 24.7 Å². The average Bonchev–Trinajstić information content (AvgIpc) is 2.71. The van der Waals surface area contributed by atoms with Crippen LogP contribution in [0.1, 0.15) is 43.6 Å². The largest absolute Gasteiger partial charge is 0.339 e. The number of hydrogen-bond donors (Lipinski definition) is 5. The van der Waals surface area contributed by atoms with Crippen LogP contribution in [-0.4, -0.2) is 35.7 Å². The van der Waals surface area contributed by atoms with Gasteiger partial charge in [-0.15, -0.1) is 0 Å². The maximum Gasteiger partial charge on any atom is 0.267 e. The number of hydroxylamine groups is 1. The highest BCUT2D eigenvalue weighted by molar-refractivity contribution is 5.98. The summed E-state index contributed by atoms with van der Waals surface area (Å²) in [4.78, 5) is 24.0. The van der Waals surface area contributed by atoms with E-state index in [1.165, 1.54) is 11.0 Å². The molecule has 0 saturated carbocycles.